The average molecular weight is 1150 g/mol. The highest BCUT2D eigenvalue weighted by atomic mass is 16.8. The highest BCUT2D eigenvalue weighted by Gasteiger charge is 2.61. The first-order valence-electron chi connectivity index (χ1n) is 25.7. The van der Waals surface area contributed by atoms with E-state index in [1.807, 2.05) is 0 Å². The Kier molecular flexibility index (Phi) is 20.8. The van der Waals surface area contributed by atoms with Crippen LogP contribution in [0.15, 0.2) is 0 Å². The fourth-order valence-corrected chi connectivity index (χ4v) is 11.2. The molecule has 0 spiro atoms. The number of aliphatic hydroxyl groups excluding tert-OH is 19. The fourth-order valence-electron chi connectivity index (χ4n) is 11.2. The summed E-state index contributed by atoms with van der Waals surface area (Å²) in [5, 5.41) is 211. The minimum absolute atomic E-state index is 0.0564. The van der Waals surface area contributed by atoms with Gasteiger partial charge in [0, 0.05) is 5.92 Å². The summed E-state index contributed by atoms with van der Waals surface area (Å²) < 4.78 is 81.8. The number of hydrogen-bond donors (Lipinski definition) is 19. The van der Waals surface area contributed by atoms with Gasteiger partial charge in [0.1, 0.15) is 152 Å². The summed E-state index contributed by atoms with van der Waals surface area (Å²) in [5.41, 5.74) is -2.08. The molecule has 33 heteroatoms. The molecule has 19 N–H and O–H groups in total. The van der Waals surface area contributed by atoms with Gasteiger partial charge < -0.3 is 163 Å². The van der Waals surface area contributed by atoms with Gasteiger partial charge in [-0.2, -0.15) is 0 Å². The van der Waals surface area contributed by atoms with Crippen molar-refractivity contribution in [2.45, 2.75) is 236 Å². The monoisotopic (exact) mass is 1140 g/mol. The van der Waals surface area contributed by atoms with Crippen LogP contribution < -0.4 is 0 Å². The third kappa shape index (κ3) is 11.8. The van der Waals surface area contributed by atoms with E-state index in [4.69, 9.17) is 66.3 Å². The molecule has 454 valence electrons. The molecule has 21 saturated heterocycles. The fraction of sp³-hybridized carbons (Fsp3) is 1.00. The van der Waals surface area contributed by atoms with Crippen molar-refractivity contribution in [2.75, 3.05) is 39.6 Å². The van der Waals surface area contributed by atoms with Gasteiger partial charge >= 0.3 is 0 Å². The lowest BCUT2D eigenvalue weighted by Gasteiger charge is -2.53. The molecule has 0 amide bonds. The molecule has 21 aliphatic heterocycles. The normalized spacial score (nSPS) is 55.8. The predicted octanol–water partition coefficient (Wildman–Crippen LogP) is -12.1. The number of hydrogen-bond acceptors (Lipinski definition) is 33. The maximum absolute atomic E-state index is 11.7. The summed E-state index contributed by atoms with van der Waals surface area (Å²) in [6, 6.07) is 0. The second-order valence-electron chi connectivity index (χ2n) is 20.9. The third-order valence-corrected chi connectivity index (χ3v) is 15.9. The first kappa shape index (κ1) is 62.7. The summed E-state index contributed by atoms with van der Waals surface area (Å²) >= 11 is 0. The van der Waals surface area contributed by atoms with Crippen LogP contribution >= 0.6 is 0 Å². The van der Waals surface area contributed by atoms with Crippen LogP contribution in [0.25, 0.3) is 0 Å². The van der Waals surface area contributed by atoms with Crippen molar-refractivity contribution in [3.05, 3.63) is 0 Å². The maximum Gasteiger partial charge on any atom is 0.187 e. The van der Waals surface area contributed by atoms with Crippen molar-refractivity contribution in [3.63, 3.8) is 0 Å². The van der Waals surface area contributed by atoms with Crippen molar-refractivity contribution >= 4 is 0 Å². The molecule has 0 aliphatic carbocycles. The Morgan fingerprint density at radius 1 is 0.295 bits per heavy atom. The van der Waals surface area contributed by atoms with Gasteiger partial charge in [-0.1, -0.05) is 13.8 Å². The van der Waals surface area contributed by atoms with Crippen molar-refractivity contribution in [2.24, 2.45) is 5.92 Å². The molecule has 14 bridgehead atoms. The molecule has 0 aromatic heterocycles. The van der Waals surface area contributed by atoms with Crippen LogP contribution in [0.3, 0.4) is 0 Å². The van der Waals surface area contributed by atoms with Crippen LogP contribution in [-0.2, 0) is 66.3 Å². The smallest absolute Gasteiger partial charge is 0.187 e. The SMILES string of the molecule is CCC1OC2OC3C(CO)OC(OC4C(CO)OC(OC5C(CO)OC(OC6C(CO)OC(OC7C(CO)OC(OC8C(CO)OC(OC1(C)C(O)C2O)C(O)C8O)C(O)C7O)C(O)C6C)C(O)C5O)C(O)C4O)C(O)C3O. The molecule has 21 heterocycles. The summed E-state index contributed by atoms with van der Waals surface area (Å²) in [4.78, 5) is 0. The quantitative estimate of drug-likeness (QED) is 0.113. The van der Waals surface area contributed by atoms with Gasteiger partial charge in [-0.25, -0.2) is 0 Å². The van der Waals surface area contributed by atoms with Crippen LogP contribution in [0, 0.1) is 5.92 Å². The Hall–Kier alpha value is -1.32. The lowest BCUT2D eigenvalue weighted by Crippen LogP contribution is -2.71. The number of rotatable bonds is 7. The van der Waals surface area contributed by atoms with Crippen LogP contribution in [0.1, 0.15) is 27.2 Å². The Labute approximate surface area is 443 Å². The van der Waals surface area contributed by atoms with E-state index >= 15 is 0 Å². The molecule has 21 rings (SSSR count). The molecule has 21 fully saturated rings. The Balaban J connectivity index is 1.09. The van der Waals surface area contributed by atoms with Gasteiger partial charge in [0.15, 0.2) is 44.0 Å². The maximum atomic E-state index is 11.7. The van der Waals surface area contributed by atoms with E-state index in [-0.39, 0.29) is 6.42 Å². The molecule has 0 aromatic rings. The molecular formula is C45H76O33. The molecule has 35 atom stereocenters. The molecular weight excluding hydrogens is 1070 g/mol. The first-order valence-corrected chi connectivity index (χ1v) is 25.7. The van der Waals surface area contributed by atoms with Crippen molar-refractivity contribution in [1.29, 1.82) is 0 Å². The highest BCUT2D eigenvalue weighted by molar-refractivity contribution is 5.04. The Morgan fingerprint density at radius 3 is 0.833 bits per heavy atom. The van der Waals surface area contributed by atoms with Gasteiger partial charge in [0.05, 0.1) is 51.8 Å². The van der Waals surface area contributed by atoms with Crippen molar-refractivity contribution in [1.82, 2.24) is 0 Å². The lowest BCUT2D eigenvalue weighted by atomic mass is 9.83. The standard InChI is InChI=1S/C45H76O33/c1-4-18-45(3)37(64)30(63)43(71-18)77-35-16(9-50)69-41(28(61)23(35)56)75-34-15(8-49)68-40(27(60)22(34)55)74-33-14(7-48)66-39(25(58)20(33)53)72-31-11(2)19(52)38(65-12(31)5-46)73-32-13(6-47)67-42(26(59)21(32)54)76-36-17(10-51)70-44(78-45)29(62)24(36)57/h11-44,46-64H,4-10H2,1-3H3. The molecule has 0 aromatic carbocycles. The van der Waals surface area contributed by atoms with Gasteiger partial charge in [0.25, 0.3) is 0 Å². The molecule has 21 aliphatic rings. The van der Waals surface area contributed by atoms with Gasteiger partial charge in [-0.05, 0) is 13.3 Å². The molecule has 78 heavy (non-hydrogen) atoms. The van der Waals surface area contributed by atoms with E-state index in [0.29, 0.717) is 0 Å². The van der Waals surface area contributed by atoms with Crippen LogP contribution in [0.2, 0.25) is 0 Å². The van der Waals surface area contributed by atoms with Gasteiger partial charge in [-0.3, -0.25) is 0 Å². The second-order valence-corrected chi connectivity index (χ2v) is 20.9. The minimum Gasteiger partial charge on any atom is -0.394 e. The second kappa shape index (κ2) is 25.9. The van der Waals surface area contributed by atoms with E-state index in [2.05, 4.69) is 0 Å². The summed E-state index contributed by atoms with van der Waals surface area (Å²) in [6.45, 7) is -1.62. The summed E-state index contributed by atoms with van der Waals surface area (Å²) in [5.74, 6) is -1.16. The minimum atomic E-state index is -2.16. The molecule has 0 saturated carbocycles. The summed E-state index contributed by atoms with van der Waals surface area (Å²) in [7, 11) is 0. The van der Waals surface area contributed by atoms with Gasteiger partial charge in [0.2, 0.25) is 0 Å². The number of aliphatic hydroxyl groups is 19. The van der Waals surface area contributed by atoms with Gasteiger partial charge in [-0.15, -0.1) is 0 Å². The van der Waals surface area contributed by atoms with E-state index in [9.17, 15) is 97.0 Å². The van der Waals surface area contributed by atoms with E-state index in [1.54, 1.807) is 6.92 Å². The predicted molar refractivity (Wildman–Crippen MR) is 239 cm³/mol. The summed E-state index contributed by atoms with van der Waals surface area (Å²) in [6.07, 6.45) is -62.0. The average Bonchev–Trinajstić information content (AvgIpc) is 3.49. The van der Waals surface area contributed by atoms with Crippen LogP contribution in [0.4, 0.5) is 0 Å². The zero-order chi connectivity index (χ0) is 57.0. The van der Waals surface area contributed by atoms with Crippen LogP contribution in [0.5, 0.6) is 0 Å². The van der Waals surface area contributed by atoms with Crippen LogP contribution in [-0.4, -0.2) is 345 Å². The molecule has 35 unspecified atom stereocenters. The van der Waals surface area contributed by atoms with Crippen molar-refractivity contribution in [3.8, 4) is 0 Å². The zero-order valence-corrected chi connectivity index (χ0v) is 42.3. The van der Waals surface area contributed by atoms with E-state index in [0.717, 1.165) is 0 Å². The molecule has 33 nitrogen and oxygen atoms in total. The Morgan fingerprint density at radius 2 is 0.538 bits per heavy atom. The third-order valence-electron chi connectivity index (χ3n) is 15.9. The molecule has 0 radical (unpaired) electrons. The topological polar surface area (TPSA) is 514 Å². The van der Waals surface area contributed by atoms with E-state index < -0.39 is 254 Å². The number of ether oxygens (including phenoxy) is 14. The Bertz CT molecular complexity index is 1870. The first-order chi connectivity index (χ1) is 37.0. The van der Waals surface area contributed by atoms with E-state index in [1.165, 1.54) is 13.8 Å². The lowest BCUT2D eigenvalue weighted by molar-refractivity contribution is -0.409. The highest BCUT2D eigenvalue weighted by Crippen LogP contribution is 2.42. The largest absolute Gasteiger partial charge is 0.394 e. The van der Waals surface area contributed by atoms with Crippen molar-refractivity contribution < 1.29 is 163 Å². The zero-order valence-electron chi connectivity index (χ0n) is 42.3.